The van der Waals surface area contributed by atoms with E-state index in [2.05, 4.69) is 5.32 Å². The molecule has 0 spiro atoms. The van der Waals surface area contributed by atoms with Crippen LogP contribution in [0.2, 0.25) is 0 Å². The maximum absolute atomic E-state index is 12.2. The van der Waals surface area contributed by atoms with E-state index in [-0.39, 0.29) is 17.9 Å². The SMILES string of the molecule is NC1CCCC(CC(=O)N2CCNC(=O)CC2)C1. The van der Waals surface area contributed by atoms with E-state index >= 15 is 0 Å². The second-order valence-corrected chi connectivity index (χ2v) is 5.48. The fourth-order valence-corrected chi connectivity index (χ4v) is 2.91. The minimum absolute atomic E-state index is 0.0463. The first-order chi connectivity index (χ1) is 8.65. The fraction of sp³-hybridized carbons (Fsp3) is 0.846. The summed E-state index contributed by atoms with van der Waals surface area (Å²) in [4.78, 5) is 25.2. The Morgan fingerprint density at radius 2 is 2.22 bits per heavy atom. The van der Waals surface area contributed by atoms with Crippen LogP contribution in [0.1, 0.15) is 38.5 Å². The number of nitrogens with one attached hydrogen (secondary N) is 1. The van der Waals surface area contributed by atoms with E-state index in [9.17, 15) is 9.59 Å². The van der Waals surface area contributed by atoms with Crippen LogP contribution in [0, 0.1) is 5.92 Å². The van der Waals surface area contributed by atoms with Crippen LogP contribution >= 0.6 is 0 Å². The lowest BCUT2D eigenvalue weighted by molar-refractivity contribution is -0.132. The highest BCUT2D eigenvalue weighted by molar-refractivity contribution is 5.80. The van der Waals surface area contributed by atoms with Gasteiger partial charge in [0.2, 0.25) is 11.8 Å². The molecular weight excluding hydrogens is 230 g/mol. The summed E-state index contributed by atoms with van der Waals surface area (Å²) in [5.41, 5.74) is 5.94. The van der Waals surface area contributed by atoms with Gasteiger partial charge in [-0.2, -0.15) is 0 Å². The zero-order valence-corrected chi connectivity index (χ0v) is 10.9. The topological polar surface area (TPSA) is 75.4 Å². The summed E-state index contributed by atoms with van der Waals surface area (Å²) in [7, 11) is 0. The normalized spacial score (nSPS) is 29.6. The Morgan fingerprint density at radius 3 is 3.00 bits per heavy atom. The number of carbonyl (C=O) groups is 2. The van der Waals surface area contributed by atoms with Gasteiger partial charge in [-0.1, -0.05) is 6.42 Å². The van der Waals surface area contributed by atoms with Crippen LogP contribution in [0.3, 0.4) is 0 Å². The first kappa shape index (κ1) is 13.3. The predicted molar refractivity (Wildman–Crippen MR) is 68.8 cm³/mol. The standard InChI is InChI=1S/C13H23N3O2/c14-11-3-1-2-10(8-11)9-13(18)16-6-4-12(17)15-5-7-16/h10-11H,1-9,14H2,(H,15,17). The largest absolute Gasteiger partial charge is 0.354 e. The first-order valence-electron chi connectivity index (χ1n) is 6.95. The average molecular weight is 253 g/mol. The zero-order chi connectivity index (χ0) is 13.0. The lowest BCUT2D eigenvalue weighted by atomic mass is 9.84. The van der Waals surface area contributed by atoms with Gasteiger partial charge in [0.1, 0.15) is 0 Å². The minimum atomic E-state index is 0.0463. The van der Waals surface area contributed by atoms with Crippen LogP contribution in [-0.2, 0) is 9.59 Å². The molecule has 1 aliphatic carbocycles. The lowest BCUT2D eigenvalue weighted by Crippen LogP contribution is -2.37. The fourth-order valence-electron chi connectivity index (χ4n) is 2.91. The number of nitrogens with two attached hydrogens (primary N) is 1. The van der Waals surface area contributed by atoms with E-state index in [0.717, 1.165) is 25.7 Å². The molecule has 102 valence electrons. The molecule has 5 heteroatoms. The highest BCUT2D eigenvalue weighted by Gasteiger charge is 2.25. The van der Waals surface area contributed by atoms with Crippen LogP contribution in [0.15, 0.2) is 0 Å². The van der Waals surface area contributed by atoms with Gasteiger partial charge in [-0.3, -0.25) is 9.59 Å². The summed E-state index contributed by atoms with van der Waals surface area (Å²) in [5.74, 6) is 0.670. The van der Waals surface area contributed by atoms with Crippen LogP contribution in [0.4, 0.5) is 0 Å². The Balaban J connectivity index is 1.81. The van der Waals surface area contributed by atoms with Crippen LogP contribution in [0.25, 0.3) is 0 Å². The summed E-state index contributed by atoms with van der Waals surface area (Å²) in [5, 5.41) is 2.79. The molecule has 1 saturated carbocycles. The number of amides is 2. The third-order valence-electron chi connectivity index (χ3n) is 3.95. The highest BCUT2D eigenvalue weighted by atomic mass is 16.2. The molecule has 1 heterocycles. The van der Waals surface area contributed by atoms with E-state index in [1.165, 1.54) is 0 Å². The molecule has 0 radical (unpaired) electrons. The Hall–Kier alpha value is -1.10. The van der Waals surface area contributed by atoms with Crippen molar-refractivity contribution in [3.63, 3.8) is 0 Å². The van der Waals surface area contributed by atoms with Gasteiger partial charge in [0.05, 0.1) is 0 Å². The molecule has 5 nitrogen and oxygen atoms in total. The molecule has 3 N–H and O–H groups in total. The van der Waals surface area contributed by atoms with Gasteiger partial charge in [-0.15, -0.1) is 0 Å². The number of nitrogens with zero attached hydrogens (tertiary/aromatic N) is 1. The molecule has 2 unspecified atom stereocenters. The molecule has 18 heavy (non-hydrogen) atoms. The van der Waals surface area contributed by atoms with Crippen LogP contribution in [-0.4, -0.2) is 42.4 Å². The van der Waals surface area contributed by atoms with Crippen molar-refractivity contribution < 1.29 is 9.59 Å². The van der Waals surface area contributed by atoms with Crippen molar-refractivity contribution in [1.29, 1.82) is 0 Å². The third kappa shape index (κ3) is 3.70. The summed E-state index contributed by atoms with van der Waals surface area (Å²) < 4.78 is 0. The van der Waals surface area contributed by atoms with Crippen molar-refractivity contribution in [2.75, 3.05) is 19.6 Å². The Bertz CT molecular complexity index is 319. The van der Waals surface area contributed by atoms with Crippen LogP contribution in [0.5, 0.6) is 0 Å². The number of carbonyl (C=O) groups excluding carboxylic acids is 2. The van der Waals surface area contributed by atoms with E-state index in [0.29, 0.717) is 38.4 Å². The maximum Gasteiger partial charge on any atom is 0.222 e. The van der Waals surface area contributed by atoms with Gasteiger partial charge >= 0.3 is 0 Å². The molecule has 2 aliphatic rings. The Kier molecular flexibility index (Phi) is 4.58. The molecule has 0 bridgehead atoms. The third-order valence-corrected chi connectivity index (χ3v) is 3.95. The molecule has 0 aromatic heterocycles. The predicted octanol–water partition coefficient (Wildman–Crippen LogP) is 0.242. The molecule has 1 aliphatic heterocycles. The van der Waals surface area contributed by atoms with Gasteiger partial charge in [-0.05, 0) is 25.2 Å². The molecule has 0 aromatic rings. The maximum atomic E-state index is 12.2. The van der Waals surface area contributed by atoms with E-state index in [1.807, 2.05) is 4.90 Å². The van der Waals surface area contributed by atoms with E-state index < -0.39 is 0 Å². The van der Waals surface area contributed by atoms with Crippen molar-refractivity contribution in [3.8, 4) is 0 Å². The Labute approximate surface area is 108 Å². The summed E-state index contributed by atoms with van der Waals surface area (Å²) in [6.45, 7) is 1.78. The second kappa shape index (κ2) is 6.18. The molecule has 1 saturated heterocycles. The van der Waals surface area contributed by atoms with Crippen molar-refractivity contribution in [2.24, 2.45) is 11.7 Å². The Morgan fingerprint density at radius 1 is 1.39 bits per heavy atom. The van der Waals surface area contributed by atoms with Gasteiger partial charge in [0, 0.05) is 38.5 Å². The molecule has 2 fully saturated rings. The van der Waals surface area contributed by atoms with Gasteiger partial charge in [0.25, 0.3) is 0 Å². The first-order valence-corrected chi connectivity index (χ1v) is 6.95. The van der Waals surface area contributed by atoms with Gasteiger partial charge < -0.3 is 16.0 Å². The smallest absolute Gasteiger partial charge is 0.222 e. The number of rotatable bonds is 2. The molecule has 0 aromatic carbocycles. The number of hydrogen-bond acceptors (Lipinski definition) is 3. The molecular formula is C13H23N3O2. The average Bonchev–Trinajstić information content (AvgIpc) is 2.54. The lowest BCUT2D eigenvalue weighted by Gasteiger charge is -2.28. The number of hydrogen-bond donors (Lipinski definition) is 2. The van der Waals surface area contributed by atoms with Gasteiger partial charge in [0.15, 0.2) is 0 Å². The second-order valence-electron chi connectivity index (χ2n) is 5.48. The van der Waals surface area contributed by atoms with Crippen LogP contribution < -0.4 is 11.1 Å². The monoisotopic (exact) mass is 253 g/mol. The summed E-state index contributed by atoms with van der Waals surface area (Å²) in [6.07, 6.45) is 5.34. The summed E-state index contributed by atoms with van der Waals surface area (Å²) in [6, 6.07) is 0.268. The van der Waals surface area contributed by atoms with E-state index in [4.69, 9.17) is 5.73 Å². The van der Waals surface area contributed by atoms with Gasteiger partial charge in [-0.25, -0.2) is 0 Å². The summed E-state index contributed by atoms with van der Waals surface area (Å²) >= 11 is 0. The zero-order valence-electron chi connectivity index (χ0n) is 10.9. The minimum Gasteiger partial charge on any atom is -0.354 e. The van der Waals surface area contributed by atoms with E-state index in [1.54, 1.807) is 0 Å². The molecule has 2 atom stereocenters. The quantitative estimate of drug-likeness (QED) is 0.740. The van der Waals surface area contributed by atoms with Crippen molar-refractivity contribution >= 4 is 11.8 Å². The van der Waals surface area contributed by atoms with Crippen molar-refractivity contribution in [1.82, 2.24) is 10.2 Å². The highest BCUT2D eigenvalue weighted by Crippen LogP contribution is 2.26. The molecule has 2 amide bonds. The van der Waals surface area contributed by atoms with Crippen molar-refractivity contribution in [3.05, 3.63) is 0 Å². The van der Waals surface area contributed by atoms with Crippen molar-refractivity contribution in [2.45, 2.75) is 44.6 Å². The molecule has 2 rings (SSSR count).